The van der Waals surface area contributed by atoms with Crippen molar-refractivity contribution in [1.29, 1.82) is 0 Å². The molecule has 25 heavy (non-hydrogen) atoms. The third kappa shape index (κ3) is 4.08. The van der Waals surface area contributed by atoms with Gasteiger partial charge in [0.25, 0.3) is 5.56 Å². The number of aromatic nitrogens is 2. The standard InChI is InChI=1S/C17H19Cl2N3O3/c1-11-8-13(23)10-21(11)15-9-20-22(17(24)16(15)19)6-7-25-14-4-2-12(18)3-5-14/h2-5,9,11,13,23H,6-8,10H2,1H3/t11-,13-/m0/s1. The number of hydrogen-bond acceptors (Lipinski definition) is 5. The van der Waals surface area contributed by atoms with Gasteiger partial charge in [-0.2, -0.15) is 5.10 Å². The molecule has 1 aromatic carbocycles. The summed E-state index contributed by atoms with van der Waals surface area (Å²) >= 11 is 12.1. The fraction of sp³-hybridized carbons (Fsp3) is 0.412. The summed E-state index contributed by atoms with van der Waals surface area (Å²) in [5.41, 5.74) is 0.193. The number of hydrogen-bond donors (Lipinski definition) is 1. The minimum Gasteiger partial charge on any atom is -0.492 e. The Hall–Kier alpha value is -1.76. The predicted octanol–water partition coefficient (Wildman–Crippen LogP) is 2.59. The van der Waals surface area contributed by atoms with Gasteiger partial charge in [0, 0.05) is 17.6 Å². The van der Waals surface area contributed by atoms with Crippen LogP contribution in [0.25, 0.3) is 0 Å². The number of rotatable bonds is 5. The molecule has 3 rings (SSSR count). The number of aliphatic hydroxyl groups excluding tert-OH is 1. The summed E-state index contributed by atoms with van der Waals surface area (Å²) in [6.45, 7) is 2.99. The average Bonchev–Trinajstić information content (AvgIpc) is 2.92. The third-order valence-electron chi connectivity index (χ3n) is 4.21. The first kappa shape index (κ1) is 18.0. The van der Waals surface area contributed by atoms with E-state index in [2.05, 4.69) is 5.10 Å². The van der Waals surface area contributed by atoms with Crippen LogP contribution in [0.15, 0.2) is 35.3 Å². The molecule has 1 saturated heterocycles. The van der Waals surface area contributed by atoms with E-state index in [0.29, 0.717) is 29.4 Å². The summed E-state index contributed by atoms with van der Waals surface area (Å²) in [4.78, 5) is 14.3. The molecule has 0 spiro atoms. The molecule has 1 aromatic heterocycles. The van der Waals surface area contributed by atoms with Gasteiger partial charge in [-0.05, 0) is 37.6 Å². The van der Waals surface area contributed by atoms with Crippen LogP contribution in [0, 0.1) is 0 Å². The highest BCUT2D eigenvalue weighted by Gasteiger charge is 2.30. The SMILES string of the molecule is C[C@H]1C[C@H](O)CN1c1cnn(CCOc2ccc(Cl)cc2)c(=O)c1Cl. The lowest BCUT2D eigenvalue weighted by Gasteiger charge is -2.24. The Morgan fingerprint density at radius 1 is 1.32 bits per heavy atom. The first-order chi connectivity index (χ1) is 12.0. The predicted molar refractivity (Wildman–Crippen MR) is 97.9 cm³/mol. The quantitative estimate of drug-likeness (QED) is 0.859. The number of nitrogens with zero attached hydrogens (tertiary/aromatic N) is 3. The maximum absolute atomic E-state index is 12.4. The molecular weight excluding hydrogens is 365 g/mol. The van der Waals surface area contributed by atoms with Crippen molar-refractivity contribution in [3.63, 3.8) is 0 Å². The average molecular weight is 384 g/mol. The van der Waals surface area contributed by atoms with Gasteiger partial charge in [-0.25, -0.2) is 4.68 Å². The van der Waals surface area contributed by atoms with Crippen molar-refractivity contribution in [3.05, 3.63) is 50.9 Å². The number of anilines is 1. The molecule has 2 atom stereocenters. The molecule has 0 amide bonds. The Kier molecular flexibility index (Phi) is 5.51. The molecule has 2 aromatic rings. The lowest BCUT2D eigenvalue weighted by atomic mass is 10.2. The van der Waals surface area contributed by atoms with Gasteiger partial charge in [-0.1, -0.05) is 23.2 Å². The van der Waals surface area contributed by atoms with Crippen LogP contribution in [0.3, 0.4) is 0 Å². The van der Waals surface area contributed by atoms with Gasteiger partial charge >= 0.3 is 0 Å². The molecule has 6 nitrogen and oxygen atoms in total. The highest BCUT2D eigenvalue weighted by atomic mass is 35.5. The molecule has 0 unspecified atom stereocenters. The number of aliphatic hydroxyl groups is 1. The van der Waals surface area contributed by atoms with Gasteiger partial charge in [0.05, 0.1) is 24.5 Å². The van der Waals surface area contributed by atoms with Crippen molar-refractivity contribution in [2.75, 3.05) is 18.1 Å². The van der Waals surface area contributed by atoms with E-state index in [-0.39, 0.29) is 29.8 Å². The van der Waals surface area contributed by atoms with E-state index in [1.165, 1.54) is 4.68 Å². The van der Waals surface area contributed by atoms with E-state index in [1.54, 1.807) is 30.5 Å². The highest BCUT2D eigenvalue weighted by molar-refractivity contribution is 6.33. The fourth-order valence-electron chi connectivity index (χ4n) is 2.93. The Bertz CT molecular complexity index is 795. The Labute approximate surface area is 155 Å². The van der Waals surface area contributed by atoms with E-state index in [0.717, 1.165) is 0 Å². The molecule has 1 aliphatic rings. The lowest BCUT2D eigenvalue weighted by Crippen LogP contribution is -2.32. The van der Waals surface area contributed by atoms with Crippen LogP contribution in [0.1, 0.15) is 13.3 Å². The van der Waals surface area contributed by atoms with Crippen LogP contribution in [0.4, 0.5) is 5.69 Å². The summed E-state index contributed by atoms with van der Waals surface area (Å²) in [5.74, 6) is 0.667. The minimum absolute atomic E-state index is 0.109. The van der Waals surface area contributed by atoms with Crippen LogP contribution in [0.2, 0.25) is 10.0 Å². The van der Waals surface area contributed by atoms with E-state index in [1.807, 2.05) is 11.8 Å². The van der Waals surface area contributed by atoms with Crippen molar-refractivity contribution in [2.45, 2.75) is 32.0 Å². The second-order valence-corrected chi connectivity index (χ2v) is 6.88. The minimum atomic E-state index is -0.415. The van der Waals surface area contributed by atoms with Crippen molar-refractivity contribution in [1.82, 2.24) is 9.78 Å². The Morgan fingerprint density at radius 2 is 2.04 bits per heavy atom. The number of ether oxygens (including phenoxy) is 1. The zero-order valence-electron chi connectivity index (χ0n) is 13.7. The molecule has 1 fully saturated rings. The zero-order chi connectivity index (χ0) is 18.0. The van der Waals surface area contributed by atoms with Gasteiger partial charge in [0.15, 0.2) is 0 Å². The summed E-state index contributed by atoms with van der Waals surface area (Å²) in [6, 6.07) is 7.10. The van der Waals surface area contributed by atoms with Crippen molar-refractivity contribution in [3.8, 4) is 5.75 Å². The smallest absolute Gasteiger partial charge is 0.287 e. The molecule has 2 heterocycles. The fourth-order valence-corrected chi connectivity index (χ4v) is 3.32. The Balaban J connectivity index is 1.68. The van der Waals surface area contributed by atoms with E-state index in [4.69, 9.17) is 27.9 Å². The monoisotopic (exact) mass is 383 g/mol. The van der Waals surface area contributed by atoms with E-state index >= 15 is 0 Å². The highest BCUT2D eigenvalue weighted by Crippen LogP contribution is 2.29. The van der Waals surface area contributed by atoms with Crippen molar-refractivity contribution >= 4 is 28.9 Å². The molecule has 0 saturated carbocycles. The number of halogens is 2. The molecule has 0 radical (unpaired) electrons. The molecule has 0 aliphatic carbocycles. The van der Waals surface area contributed by atoms with E-state index < -0.39 is 6.10 Å². The van der Waals surface area contributed by atoms with Crippen LogP contribution < -0.4 is 15.2 Å². The number of β-amino-alcohol motifs (C(OH)–C–C–N with tert-alkyl or cyclic N) is 1. The van der Waals surface area contributed by atoms with Gasteiger partial charge in [0.2, 0.25) is 0 Å². The first-order valence-electron chi connectivity index (χ1n) is 8.04. The normalized spacial score (nSPS) is 20.1. The summed E-state index contributed by atoms with van der Waals surface area (Å²) in [6.07, 6.45) is 1.80. The summed E-state index contributed by atoms with van der Waals surface area (Å²) < 4.78 is 6.85. The molecule has 1 aliphatic heterocycles. The topological polar surface area (TPSA) is 67.6 Å². The maximum Gasteiger partial charge on any atom is 0.287 e. The van der Waals surface area contributed by atoms with Crippen LogP contribution in [-0.2, 0) is 6.54 Å². The van der Waals surface area contributed by atoms with Crippen molar-refractivity contribution in [2.24, 2.45) is 0 Å². The maximum atomic E-state index is 12.4. The largest absolute Gasteiger partial charge is 0.492 e. The van der Waals surface area contributed by atoms with Crippen LogP contribution in [-0.4, -0.2) is 40.2 Å². The molecular formula is C17H19Cl2N3O3. The van der Waals surface area contributed by atoms with Crippen LogP contribution >= 0.6 is 23.2 Å². The first-order valence-corrected chi connectivity index (χ1v) is 8.80. The summed E-state index contributed by atoms with van der Waals surface area (Å²) in [7, 11) is 0. The Morgan fingerprint density at radius 3 is 2.68 bits per heavy atom. The molecule has 8 heteroatoms. The van der Waals surface area contributed by atoms with Gasteiger partial charge in [0.1, 0.15) is 17.4 Å². The third-order valence-corrected chi connectivity index (χ3v) is 4.82. The van der Waals surface area contributed by atoms with Gasteiger partial charge < -0.3 is 14.7 Å². The second kappa shape index (κ2) is 7.64. The van der Waals surface area contributed by atoms with E-state index in [9.17, 15) is 9.90 Å². The number of benzene rings is 1. The molecule has 134 valence electrons. The second-order valence-electron chi connectivity index (χ2n) is 6.07. The molecule has 1 N–H and O–H groups in total. The van der Waals surface area contributed by atoms with Crippen LogP contribution in [0.5, 0.6) is 5.75 Å². The summed E-state index contributed by atoms with van der Waals surface area (Å²) in [5, 5.41) is 14.7. The molecule has 0 bridgehead atoms. The van der Waals surface area contributed by atoms with Crippen molar-refractivity contribution < 1.29 is 9.84 Å². The lowest BCUT2D eigenvalue weighted by molar-refractivity contribution is 0.195. The van der Waals surface area contributed by atoms with Gasteiger partial charge in [-0.3, -0.25) is 4.79 Å². The zero-order valence-corrected chi connectivity index (χ0v) is 15.2. The van der Waals surface area contributed by atoms with Gasteiger partial charge in [-0.15, -0.1) is 0 Å².